The Hall–Kier alpha value is -2.37. The summed E-state index contributed by atoms with van der Waals surface area (Å²) in [6.45, 7) is 2.81. The van der Waals surface area contributed by atoms with E-state index in [0.29, 0.717) is 19.5 Å². The van der Waals surface area contributed by atoms with Gasteiger partial charge in [0.15, 0.2) is 0 Å². The van der Waals surface area contributed by atoms with Crippen LogP contribution in [0.2, 0.25) is 0 Å². The zero-order valence-electron chi connectivity index (χ0n) is 12.2. The maximum absolute atomic E-state index is 13.0. The van der Waals surface area contributed by atoms with Crippen LogP contribution in [0.4, 0.5) is 9.18 Å². The van der Waals surface area contributed by atoms with Gasteiger partial charge in [0.2, 0.25) is 0 Å². The van der Waals surface area contributed by atoms with Crippen LogP contribution < -0.4 is 10.6 Å². The van der Waals surface area contributed by atoms with Crippen LogP contribution in [0, 0.1) is 12.7 Å². The van der Waals surface area contributed by atoms with Crippen molar-refractivity contribution in [2.24, 2.45) is 7.05 Å². The Kier molecular flexibility index (Phi) is 4.92. The Labute approximate surface area is 123 Å². The first-order chi connectivity index (χ1) is 10.0. The molecule has 0 bridgehead atoms. The highest BCUT2D eigenvalue weighted by Crippen LogP contribution is 2.10. The van der Waals surface area contributed by atoms with Crippen LogP contribution in [0.25, 0.3) is 0 Å². The summed E-state index contributed by atoms with van der Waals surface area (Å²) in [5.74, 6) is -0.238. The Morgan fingerprint density at radius 3 is 2.86 bits per heavy atom. The first-order valence-electron chi connectivity index (χ1n) is 6.79. The van der Waals surface area contributed by atoms with E-state index in [2.05, 4.69) is 15.7 Å². The molecule has 0 aliphatic carbocycles. The van der Waals surface area contributed by atoms with Crippen LogP contribution in [0.3, 0.4) is 0 Å². The van der Waals surface area contributed by atoms with Crippen LogP contribution in [-0.2, 0) is 20.0 Å². The molecule has 6 heteroatoms. The van der Waals surface area contributed by atoms with E-state index in [-0.39, 0.29) is 11.8 Å². The van der Waals surface area contributed by atoms with E-state index in [0.717, 1.165) is 16.7 Å². The Bertz CT molecular complexity index is 624. The molecular formula is C15H19FN4O. The van der Waals surface area contributed by atoms with Crippen molar-refractivity contribution in [2.45, 2.75) is 19.9 Å². The second-order valence-electron chi connectivity index (χ2n) is 4.95. The van der Waals surface area contributed by atoms with Gasteiger partial charge in [0, 0.05) is 31.9 Å². The summed E-state index contributed by atoms with van der Waals surface area (Å²) in [5, 5.41) is 9.57. The van der Waals surface area contributed by atoms with Gasteiger partial charge in [-0.2, -0.15) is 5.10 Å². The number of rotatable bonds is 5. The molecule has 1 heterocycles. The average Bonchev–Trinajstić information content (AvgIpc) is 2.85. The zero-order valence-corrected chi connectivity index (χ0v) is 12.2. The number of nitrogens with zero attached hydrogens (tertiary/aromatic N) is 2. The molecule has 21 heavy (non-hydrogen) atoms. The van der Waals surface area contributed by atoms with Crippen molar-refractivity contribution in [1.82, 2.24) is 20.4 Å². The molecule has 0 fully saturated rings. The molecule has 1 aromatic heterocycles. The minimum absolute atomic E-state index is 0.224. The largest absolute Gasteiger partial charge is 0.338 e. The van der Waals surface area contributed by atoms with E-state index in [9.17, 15) is 9.18 Å². The number of aromatic nitrogens is 2. The number of hydrogen-bond donors (Lipinski definition) is 2. The van der Waals surface area contributed by atoms with Crippen molar-refractivity contribution in [1.29, 1.82) is 0 Å². The lowest BCUT2D eigenvalue weighted by molar-refractivity contribution is 0.240. The molecule has 2 N–H and O–H groups in total. The van der Waals surface area contributed by atoms with Crippen LogP contribution in [0.1, 0.15) is 16.7 Å². The molecule has 0 unspecified atom stereocenters. The number of carbonyl (C=O) groups excluding carboxylic acids is 1. The van der Waals surface area contributed by atoms with Crippen molar-refractivity contribution in [3.8, 4) is 0 Å². The van der Waals surface area contributed by atoms with Gasteiger partial charge in [-0.05, 0) is 36.6 Å². The van der Waals surface area contributed by atoms with Gasteiger partial charge in [-0.15, -0.1) is 0 Å². The minimum atomic E-state index is -0.238. The summed E-state index contributed by atoms with van der Waals surface area (Å²) in [4.78, 5) is 11.6. The van der Waals surface area contributed by atoms with Gasteiger partial charge in [-0.3, -0.25) is 4.68 Å². The van der Waals surface area contributed by atoms with Gasteiger partial charge >= 0.3 is 6.03 Å². The fraction of sp³-hybridized carbons (Fsp3) is 0.333. The Morgan fingerprint density at radius 2 is 2.19 bits per heavy atom. The number of amides is 2. The zero-order chi connectivity index (χ0) is 15.2. The number of nitrogens with one attached hydrogen (secondary N) is 2. The molecule has 2 rings (SSSR count). The highest BCUT2D eigenvalue weighted by atomic mass is 19.1. The maximum atomic E-state index is 13.0. The van der Waals surface area contributed by atoms with Crippen molar-refractivity contribution in [3.05, 3.63) is 53.1 Å². The molecule has 2 amide bonds. The van der Waals surface area contributed by atoms with Crippen LogP contribution in [0.15, 0.2) is 30.6 Å². The molecular weight excluding hydrogens is 271 g/mol. The average molecular weight is 290 g/mol. The van der Waals surface area contributed by atoms with Gasteiger partial charge in [-0.1, -0.05) is 6.07 Å². The van der Waals surface area contributed by atoms with Gasteiger partial charge in [0.05, 0.1) is 6.20 Å². The predicted octanol–water partition coefficient (Wildman–Crippen LogP) is 1.91. The molecule has 0 atom stereocenters. The molecule has 112 valence electrons. The van der Waals surface area contributed by atoms with Gasteiger partial charge in [0.1, 0.15) is 5.82 Å². The molecule has 0 saturated carbocycles. The number of halogens is 1. The third-order valence-electron chi connectivity index (χ3n) is 3.20. The molecule has 0 saturated heterocycles. The third kappa shape index (κ3) is 4.59. The summed E-state index contributed by atoms with van der Waals surface area (Å²) in [6.07, 6.45) is 4.23. The van der Waals surface area contributed by atoms with Crippen molar-refractivity contribution < 1.29 is 9.18 Å². The van der Waals surface area contributed by atoms with Crippen molar-refractivity contribution in [3.63, 3.8) is 0 Å². The summed E-state index contributed by atoms with van der Waals surface area (Å²) in [6, 6.07) is 4.46. The van der Waals surface area contributed by atoms with E-state index < -0.39 is 0 Å². The van der Waals surface area contributed by atoms with E-state index >= 15 is 0 Å². The number of carbonyl (C=O) groups is 1. The maximum Gasteiger partial charge on any atom is 0.315 e. The summed E-state index contributed by atoms with van der Waals surface area (Å²) < 4.78 is 14.7. The molecule has 0 spiro atoms. The lowest BCUT2D eigenvalue weighted by atomic mass is 10.1. The predicted molar refractivity (Wildman–Crippen MR) is 78.3 cm³/mol. The summed E-state index contributed by atoms with van der Waals surface area (Å²) >= 11 is 0. The SMILES string of the molecule is Cc1cc(F)ccc1CCNC(=O)NCc1cnn(C)c1. The first-order valence-corrected chi connectivity index (χ1v) is 6.79. The summed E-state index contributed by atoms with van der Waals surface area (Å²) in [5.41, 5.74) is 2.87. The van der Waals surface area contributed by atoms with E-state index in [4.69, 9.17) is 0 Å². The molecule has 5 nitrogen and oxygen atoms in total. The topological polar surface area (TPSA) is 59.0 Å². The number of hydrogen-bond acceptors (Lipinski definition) is 2. The second kappa shape index (κ2) is 6.88. The van der Waals surface area contributed by atoms with Crippen molar-refractivity contribution >= 4 is 6.03 Å². The first kappa shape index (κ1) is 15.0. The normalized spacial score (nSPS) is 10.4. The molecule has 2 aromatic rings. The quantitative estimate of drug-likeness (QED) is 0.883. The van der Waals surface area contributed by atoms with Crippen LogP contribution in [-0.4, -0.2) is 22.4 Å². The number of urea groups is 1. The van der Waals surface area contributed by atoms with E-state index in [1.165, 1.54) is 12.1 Å². The molecule has 0 aliphatic rings. The lowest BCUT2D eigenvalue weighted by Crippen LogP contribution is -2.36. The minimum Gasteiger partial charge on any atom is -0.338 e. The monoisotopic (exact) mass is 290 g/mol. The fourth-order valence-electron chi connectivity index (χ4n) is 2.06. The van der Waals surface area contributed by atoms with Gasteiger partial charge in [0.25, 0.3) is 0 Å². The van der Waals surface area contributed by atoms with Gasteiger partial charge in [-0.25, -0.2) is 9.18 Å². The smallest absolute Gasteiger partial charge is 0.315 e. The molecule has 0 radical (unpaired) electrons. The number of aryl methyl sites for hydroxylation is 2. The second-order valence-corrected chi connectivity index (χ2v) is 4.95. The van der Waals surface area contributed by atoms with Crippen LogP contribution in [0.5, 0.6) is 0 Å². The standard InChI is InChI=1S/C15H19FN4O/c1-11-7-14(16)4-3-13(11)5-6-17-15(21)18-8-12-9-19-20(2)10-12/h3-4,7,9-10H,5-6,8H2,1-2H3,(H2,17,18,21). The summed E-state index contributed by atoms with van der Waals surface area (Å²) in [7, 11) is 1.83. The third-order valence-corrected chi connectivity index (χ3v) is 3.20. The number of benzene rings is 1. The van der Waals surface area contributed by atoms with Crippen LogP contribution >= 0.6 is 0 Å². The van der Waals surface area contributed by atoms with E-state index in [1.54, 1.807) is 16.9 Å². The fourth-order valence-corrected chi connectivity index (χ4v) is 2.06. The van der Waals surface area contributed by atoms with E-state index in [1.807, 2.05) is 20.2 Å². The highest BCUT2D eigenvalue weighted by molar-refractivity contribution is 5.73. The van der Waals surface area contributed by atoms with Gasteiger partial charge < -0.3 is 10.6 Å². The molecule has 1 aromatic carbocycles. The lowest BCUT2D eigenvalue weighted by Gasteiger charge is -2.08. The Balaban J connectivity index is 1.71. The Morgan fingerprint density at radius 1 is 1.38 bits per heavy atom. The highest BCUT2D eigenvalue weighted by Gasteiger charge is 2.03. The van der Waals surface area contributed by atoms with Crippen molar-refractivity contribution in [2.75, 3.05) is 6.54 Å². The molecule has 0 aliphatic heterocycles.